The van der Waals surface area contributed by atoms with Crippen LogP contribution >= 0.6 is 0 Å². The summed E-state index contributed by atoms with van der Waals surface area (Å²) in [6, 6.07) is 3.74. The molecule has 1 aromatic carbocycles. The van der Waals surface area contributed by atoms with Gasteiger partial charge in [-0.15, -0.1) is 0 Å². The Kier molecular flexibility index (Phi) is 4.62. The number of rotatable bonds is 4. The van der Waals surface area contributed by atoms with Crippen LogP contribution in [0.2, 0.25) is 0 Å². The summed E-state index contributed by atoms with van der Waals surface area (Å²) in [6.45, 7) is 3.44. The van der Waals surface area contributed by atoms with Gasteiger partial charge in [-0.2, -0.15) is 0 Å². The van der Waals surface area contributed by atoms with Crippen molar-refractivity contribution in [1.29, 1.82) is 0 Å². The fourth-order valence-corrected chi connectivity index (χ4v) is 2.89. The van der Waals surface area contributed by atoms with Gasteiger partial charge in [-0.1, -0.05) is 0 Å². The van der Waals surface area contributed by atoms with Gasteiger partial charge in [0.25, 0.3) is 0 Å². The molecule has 20 heavy (non-hydrogen) atoms. The maximum Gasteiger partial charge on any atom is 0.238 e. The lowest BCUT2D eigenvalue weighted by Gasteiger charge is -2.29. The van der Waals surface area contributed by atoms with Crippen LogP contribution in [0, 0.1) is 11.7 Å². The van der Waals surface area contributed by atoms with Crippen molar-refractivity contribution in [1.82, 2.24) is 0 Å². The highest BCUT2D eigenvalue weighted by molar-refractivity contribution is 7.89. The van der Waals surface area contributed by atoms with Crippen LogP contribution in [0.4, 0.5) is 10.1 Å². The van der Waals surface area contributed by atoms with Crippen molar-refractivity contribution in [2.24, 2.45) is 11.1 Å². The number of anilines is 1. The Labute approximate surface area is 118 Å². The van der Waals surface area contributed by atoms with E-state index >= 15 is 0 Å². The molecule has 2 rings (SSSR count). The lowest BCUT2D eigenvalue weighted by molar-refractivity contribution is 0.0622. The van der Waals surface area contributed by atoms with Crippen LogP contribution < -0.4 is 10.5 Å². The molecule has 1 aromatic rings. The second-order valence-electron chi connectivity index (χ2n) is 5.07. The van der Waals surface area contributed by atoms with Crippen LogP contribution in [0.25, 0.3) is 0 Å². The van der Waals surface area contributed by atoms with E-state index in [1.807, 2.05) is 6.92 Å². The molecule has 1 saturated heterocycles. The summed E-state index contributed by atoms with van der Waals surface area (Å²) < 4.78 is 41.5. The second kappa shape index (κ2) is 6.07. The monoisotopic (exact) mass is 302 g/mol. The summed E-state index contributed by atoms with van der Waals surface area (Å²) in [5.74, 6) is -0.198. The molecule has 0 amide bonds. The van der Waals surface area contributed by atoms with Crippen LogP contribution in [0.3, 0.4) is 0 Å². The molecular weight excluding hydrogens is 283 g/mol. The molecule has 0 saturated carbocycles. The van der Waals surface area contributed by atoms with Gasteiger partial charge in [-0.25, -0.2) is 17.9 Å². The topological polar surface area (TPSA) is 81.4 Å². The number of primary sulfonamides is 1. The molecule has 1 aliphatic heterocycles. The molecule has 0 bridgehead atoms. The van der Waals surface area contributed by atoms with E-state index in [1.54, 1.807) is 0 Å². The van der Waals surface area contributed by atoms with Crippen molar-refractivity contribution in [3.05, 3.63) is 24.0 Å². The van der Waals surface area contributed by atoms with Crippen LogP contribution in [-0.2, 0) is 14.8 Å². The Balaban J connectivity index is 2.09. The predicted molar refractivity (Wildman–Crippen MR) is 74.4 cm³/mol. The summed E-state index contributed by atoms with van der Waals surface area (Å²) in [6.07, 6.45) is 1.87. The Morgan fingerprint density at radius 3 is 2.60 bits per heavy atom. The largest absolute Gasteiger partial charge is 0.381 e. The van der Waals surface area contributed by atoms with E-state index in [0.29, 0.717) is 5.92 Å². The van der Waals surface area contributed by atoms with Crippen molar-refractivity contribution in [2.75, 3.05) is 18.5 Å². The zero-order valence-corrected chi connectivity index (χ0v) is 12.1. The molecule has 1 unspecified atom stereocenters. The fraction of sp³-hybridized carbons (Fsp3) is 0.538. The highest BCUT2D eigenvalue weighted by Gasteiger charge is 2.21. The smallest absolute Gasteiger partial charge is 0.238 e. The lowest BCUT2D eigenvalue weighted by Crippen LogP contribution is -2.31. The van der Waals surface area contributed by atoms with E-state index in [0.717, 1.165) is 32.1 Å². The summed E-state index contributed by atoms with van der Waals surface area (Å²) >= 11 is 0. The van der Waals surface area contributed by atoms with Crippen LogP contribution in [-0.4, -0.2) is 27.7 Å². The van der Waals surface area contributed by atoms with Gasteiger partial charge in [0.05, 0.1) is 10.6 Å². The van der Waals surface area contributed by atoms with Gasteiger partial charge in [0.15, 0.2) is 0 Å². The number of sulfonamides is 1. The van der Waals surface area contributed by atoms with Crippen molar-refractivity contribution in [3.63, 3.8) is 0 Å². The van der Waals surface area contributed by atoms with Gasteiger partial charge in [0, 0.05) is 19.3 Å². The number of nitrogens with one attached hydrogen (secondary N) is 1. The molecular formula is C13H19FN2O3S. The van der Waals surface area contributed by atoms with Crippen LogP contribution in [0.1, 0.15) is 19.8 Å². The molecule has 0 aromatic heterocycles. The van der Waals surface area contributed by atoms with Crippen LogP contribution in [0.5, 0.6) is 0 Å². The lowest BCUT2D eigenvalue weighted by atomic mass is 9.93. The van der Waals surface area contributed by atoms with E-state index in [-0.39, 0.29) is 16.6 Å². The maximum absolute atomic E-state index is 13.9. The quantitative estimate of drug-likeness (QED) is 0.887. The minimum Gasteiger partial charge on any atom is -0.381 e. The van der Waals surface area contributed by atoms with Crippen LogP contribution in [0.15, 0.2) is 23.1 Å². The van der Waals surface area contributed by atoms with Crippen molar-refractivity contribution in [2.45, 2.75) is 30.7 Å². The number of hydrogen-bond donors (Lipinski definition) is 2. The van der Waals surface area contributed by atoms with Gasteiger partial charge >= 0.3 is 0 Å². The summed E-state index contributed by atoms with van der Waals surface area (Å²) in [5, 5.41) is 8.06. The molecule has 1 heterocycles. The third-order valence-electron chi connectivity index (χ3n) is 3.63. The highest BCUT2D eigenvalue weighted by atomic mass is 32.2. The van der Waals surface area contributed by atoms with Crippen molar-refractivity contribution < 1.29 is 17.5 Å². The maximum atomic E-state index is 13.9. The zero-order chi connectivity index (χ0) is 14.8. The van der Waals surface area contributed by atoms with E-state index in [2.05, 4.69) is 5.32 Å². The van der Waals surface area contributed by atoms with E-state index in [9.17, 15) is 12.8 Å². The zero-order valence-electron chi connectivity index (χ0n) is 11.3. The molecule has 5 nitrogen and oxygen atoms in total. The van der Waals surface area contributed by atoms with Gasteiger partial charge in [-0.3, -0.25) is 0 Å². The Bertz CT molecular complexity index is 571. The molecule has 7 heteroatoms. The molecule has 3 N–H and O–H groups in total. The number of hydrogen-bond acceptors (Lipinski definition) is 4. The summed E-state index contributed by atoms with van der Waals surface area (Å²) in [4.78, 5) is -0.223. The minimum atomic E-state index is -3.88. The number of halogens is 1. The normalized spacial score (nSPS) is 18.8. The minimum absolute atomic E-state index is 0.0914. The van der Waals surface area contributed by atoms with Crippen molar-refractivity contribution in [3.8, 4) is 0 Å². The number of nitrogens with two attached hydrogens (primary N) is 1. The SMILES string of the molecule is CC(Nc1ccc(S(N)(=O)=O)cc1F)C1CCOCC1. The average molecular weight is 302 g/mol. The molecule has 1 atom stereocenters. The summed E-state index contributed by atoms with van der Waals surface area (Å²) in [7, 11) is -3.88. The standard InChI is InChI=1S/C13H19FN2O3S/c1-9(10-4-6-19-7-5-10)16-13-3-2-11(8-12(13)14)20(15,17)18/h2-3,8-10,16H,4-7H2,1H3,(H2,15,17,18). The first-order valence-electron chi connectivity index (χ1n) is 6.54. The molecule has 1 aliphatic rings. The molecule has 0 radical (unpaired) electrons. The van der Waals surface area contributed by atoms with Gasteiger partial charge in [-0.05, 0) is 43.9 Å². The Morgan fingerprint density at radius 2 is 2.05 bits per heavy atom. The first-order chi connectivity index (χ1) is 9.38. The molecule has 0 aliphatic carbocycles. The van der Waals surface area contributed by atoms with E-state index < -0.39 is 15.8 Å². The molecule has 1 fully saturated rings. The third kappa shape index (κ3) is 3.68. The third-order valence-corrected chi connectivity index (χ3v) is 4.54. The molecule has 112 valence electrons. The highest BCUT2D eigenvalue weighted by Crippen LogP contribution is 2.24. The first kappa shape index (κ1) is 15.2. The average Bonchev–Trinajstić information content (AvgIpc) is 2.41. The van der Waals surface area contributed by atoms with Gasteiger partial charge in [0.2, 0.25) is 10.0 Å². The predicted octanol–water partition coefficient (Wildman–Crippen LogP) is 1.70. The second-order valence-corrected chi connectivity index (χ2v) is 6.63. The summed E-state index contributed by atoms with van der Waals surface area (Å²) in [5.41, 5.74) is 0.288. The van der Waals surface area contributed by atoms with Gasteiger partial charge < -0.3 is 10.1 Å². The van der Waals surface area contributed by atoms with E-state index in [4.69, 9.17) is 9.88 Å². The van der Waals surface area contributed by atoms with Gasteiger partial charge in [0.1, 0.15) is 5.82 Å². The number of ether oxygens (including phenoxy) is 1. The Hall–Kier alpha value is -1.18. The fourth-order valence-electron chi connectivity index (χ4n) is 2.37. The Morgan fingerprint density at radius 1 is 1.40 bits per heavy atom. The van der Waals surface area contributed by atoms with Crippen molar-refractivity contribution >= 4 is 15.7 Å². The molecule has 0 spiro atoms. The first-order valence-corrected chi connectivity index (χ1v) is 8.09. The van der Waals surface area contributed by atoms with E-state index in [1.165, 1.54) is 12.1 Å². The number of benzene rings is 1.